The minimum Gasteiger partial charge on any atom is -0.336 e. The molecule has 0 saturated carbocycles. The Bertz CT molecular complexity index is 614. The highest BCUT2D eigenvalue weighted by Crippen LogP contribution is 2.09. The third-order valence-corrected chi connectivity index (χ3v) is 3.72. The molecule has 1 fully saturated rings. The highest BCUT2D eigenvalue weighted by atomic mass is 35.5. The lowest BCUT2D eigenvalue weighted by atomic mass is 10.2. The van der Waals surface area contributed by atoms with Gasteiger partial charge in [0.05, 0.1) is 18.3 Å². The molecule has 2 heterocycles. The lowest BCUT2D eigenvalue weighted by Crippen LogP contribution is -2.51. The van der Waals surface area contributed by atoms with Crippen molar-refractivity contribution in [1.29, 1.82) is 0 Å². The molecule has 1 N–H and O–H groups in total. The smallest absolute Gasteiger partial charge is 0.257 e. The van der Waals surface area contributed by atoms with Crippen molar-refractivity contribution in [2.75, 3.05) is 19.6 Å². The van der Waals surface area contributed by atoms with Gasteiger partial charge in [-0.05, 0) is 12.5 Å². The molecule has 0 radical (unpaired) electrons. The summed E-state index contributed by atoms with van der Waals surface area (Å²) in [6.07, 6.45) is 3.50. The summed E-state index contributed by atoms with van der Waals surface area (Å²) in [6.45, 7) is 5.14. The lowest BCUT2D eigenvalue weighted by Gasteiger charge is -2.31. The predicted molar refractivity (Wildman–Crippen MR) is 88.4 cm³/mol. The molecule has 1 saturated heterocycles. The number of carbonyl (C=O) groups is 1. The van der Waals surface area contributed by atoms with E-state index in [1.54, 1.807) is 6.20 Å². The van der Waals surface area contributed by atoms with Gasteiger partial charge in [0.2, 0.25) is 0 Å². The molecule has 2 aromatic rings. The maximum Gasteiger partial charge on any atom is 0.257 e. The van der Waals surface area contributed by atoms with Crippen molar-refractivity contribution >= 4 is 18.3 Å². The van der Waals surface area contributed by atoms with Gasteiger partial charge in [0.1, 0.15) is 0 Å². The summed E-state index contributed by atoms with van der Waals surface area (Å²) in [7, 11) is 0. The molecule has 1 aromatic heterocycles. The number of rotatable bonds is 3. The number of hydrogen-bond acceptors (Lipinski definition) is 3. The molecule has 1 atom stereocenters. The van der Waals surface area contributed by atoms with Crippen molar-refractivity contribution < 1.29 is 4.79 Å². The van der Waals surface area contributed by atoms with Crippen LogP contribution in [0.15, 0.2) is 42.7 Å². The van der Waals surface area contributed by atoms with Crippen LogP contribution >= 0.6 is 12.4 Å². The van der Waals surface area contributed by atoms with Crippen LogP contribution in [0.1, 0.15) is 22.8 Å². The number of aromatic nitrogens is 2. The zero-order valence-electron chi connectivity index (χ0n) is 12.6. The predicted octanol–water partition coefficient (Wildman–Crippen LogP) is 1.79. The average molecular weight is 321 g/mol. The molecule has 1 aliphatic rings. The summed E-state index contributed by atoms with van der Waals surface area (Å²) >= 11 is 0. The first-order valence-corrected chi connectivity index (χ1v) is 7.31. The van der Waals surface area contributed by atoms with E-state index in [4.69, 9.17) is 0 Å². The van der Waals surface area contributed by atoms with E-state index in [1.807, 2.05) is 34.0 Å². The summed E-state index contributed by atoms with van der Waals surface area (Å²) in [6, 6.07) is 10.5. The van der Waals surface area contributed by atoms with E-state index < -0.39 is 0 Å². The van der Waals surface area contributed by atoms with E-state index in [-0.39, 0.29) is 18.3 Å². The molecule has 6 heteroatoms. The van der Waals surface area contributed by atoms with Crippen LogP contribution in [0.25, 0.3) is 0 Å². The molecule has 118 valence electrons. The number of halogens is 1. The minimum absolute atomic E-state index is 0. The van der Waals surface area contributed by atoms with Gasteiger partial charge < -0.3 is 10.2 Å². The standard InChI is InChI=1S/C16H20N4O.ClH/c1-13-10-19(8-7-17-13)16(21)15-9-18-20(12-15)11-14-5-3-2-4-6-14;/h2-6,9,12-13,17H,7-8,10-11H2,1H3;1H. The van der Waals surface area contributed by atoms with Gasteiger partial charge in [0.25, 0.3) is 5.91 Å². The Morgan fingerprint density at radius 3 is 2.86 bits per heavy atom. The number of carbonyl (C=O) groups excluding carboxylic acids is 1. The summed E-state index contributed by atoms with van der Waals surface area (Å²) in [5, 5.41) is 7.64. The van der Waals surface area contributed by atoms with Crippen molar-refractivity contribution in [3.8, 4) is 0 Å². The van der Waals surface area contributed by atoms with Gasteiger partial charge in [-0.1, -0.05) is 30.3 Å². The van der Waals surface area contributed by atoms with Crippen LogP contribution in [0.2, 0.25) is 0 Å². The van der Waals surface area contributed by atoms with E-state index in [1.165, 1.54) is 5.56 Å². The van der Waals surface area contributed by atoms with Gasteiger partial charge >= 0.3 is 0 Å². The summed E-state index contributed by atoms with van der Waals surface area (Å²) < 4.78 is 1.81. The van der Waals surface area contributed by atoms with Crippen LogP contribution in [0.3, 0.4) is 0 Å². The SMILES string of the molecule is CC1CN(C(=O)c2cnn(Cc3ccccc3)c2)CCN1.Cl. The van der Waals surface area contributed by atoms with Gasteiger partial charge in [0.15, 0.2) is 0 Å². The lowest BCUT2D eigenvalue weighted by molar-refractivity contribution is 0.0709. The van der Waals surface area contributed by atoms with Crippen molar-refractivity contribution in [1.82, 2.24) is 20.0 Å². The summed E-state index contributed by atoms with van der Waals surface area (Å²) in [5.74, 6) is 0.0719. The van der Waals surface area contributed by atoms with Gasteiger partial charge in [-0.25, -0.2) is 0 Å². The van der Waals surface area contributed by atoms with Crippen molar-refractivity contribution in [2.24, 2.45) is 0 Å². The number of hydrogen-bond donors (Lipinski definition) is 1. The quantitative estimate of drug-likeness (QED) is 0.938. The van der Waals surface area contributed by atoms with Gasteiger partial charge in [-0.2, -0.15) is 5.10 Å². The normalized spacial score (nSPS) is 17.9. The fraction of sp³-hybridized carbons (Fsp3) is 0.375. The van der Waals surface area contributed by atoms with E-state index in [2.05, 4.69) is 29.5 Å². The monoisotopic (exact) mass is 320 g/mol. The Hall–Kier alpha value is -1.85. The second-order valence-corrected chi connectivity index (χ2v) is 5.52. The Morgan fingerprint density at radius 1 is 1.36 bits per heavy atom. The van der Waals surface area contributed by atoms with E-state index in [0.717, 1.165) is 19.6 Å². The summed E-state index contributed by atoms with van der Waals surface area (Å²) in [5.41, 5.74) is 1.84. The zero-order valence-corrected chi connectivity index (χ0v) is 13.4. The number of nitrogens with zero attached hydrogens (tertiary/aromatic N) is 3. The highest BCUT2D eigenvalue weighted by Gasteiger charge is 2.22. The molecule has 0 spiro atoms. The second kappa shape index (κ2) is 7.42. The third kappa shape index (κ3) is 3.87. The van der Waals surface area contributed by atoms with Crippen molar-refractivity contribution in [3.05, 3.63) is 53.9 Å². The Morgan fingerprint density at radius 2 is 2.14 bits per heavy atom. The maximum absolute atomic E-state index is 12.5. The Balaban J connectivity index is 0.00000176. The highest BCUT2D eigenvalue weighted by molar-refractivity contribution is 5.93. The Labute approximate surface area is 136 Å². The molecule has 1 aliphatic heterocycles. The molecule has 22 heavy (non-hydrogen) atoms. The molecular formula is C16H21ClN4O. The largest absolute Gasteiger partial charge is 0.336 e. The van der Waals surface area contributed by atoms with E-state index in [9.17, 15) is 4.79 Å². The summed E-state index contributed by atoms with van der Waals surface area (Å²) in [4.78, 5) is 14.3. The zero-order chi connectivity index (χ0) is 14.7. The van der Waals surface area contributed by atoms with Crippen LogP contribution in [-0.2, 0) is 6.54 Å². The number of nitrogens with one attached hydrogen (secondary N) is 1. The number of benzene rings is 1. The van der Waals surface area contributed by atoms with Crippen LogP contribution < -0.4 is 5.32 Å². The van der Waals surface area contributed by atoms with E-state index >= 15 is 0 Å². The first kappa shape index (κ1) is 16.5. The molecule has 0 bridgehead atoms. The average Bonchev–Trinajstić information content (AvgIpc) is 2.96. The molecule has 5 nitrogen and oxygen atoms in total. The molecule has 3 rings (SSSR count). The van der Waals surface area contributed by atoms with Gasteiger partial charge in [-0.15, -0.1) is 12.4 Å². The van der Waals surface area contributed by atoms with Crippen molar-refractivity contribution in [3.63, 3.8) is 0 Å². The van der Waals surface area contributed by atoms with Gasteiger partial charge in [0, 0.05) is 31.9 Å². The van der Waals surface area contributed by atoms with Crippen LogP contribution in [-0.4, -0.2) is 46.3 Å². The first-order valence-electron chi connectivity index (χ1n) is 7.31. The molecular weight excluding hydrogens is 300 g/mol. The van der Waals surface area contributed by atoms with Crippen molar-refractivity contribution in [2.45, 2.75) is 19.5 Å². The maximum atomic E-state index is 12.5. The third-order valence-electron chi connectivity index (χ3n) is 3.72. The van der Waals surface area contributed by atoms with Gasteiger partial charge in [-0.3, -0.25) is 9.48 Å². The topological polar surface area (TPSA) is 50.2 Å². The molecule has 1 amide bonds. The van der Waals surface area contributed by atoms with Crippen LogP contribution in [0, 0.1) is 0 Å². The van der Waals surface area contributed by atoms with E-state index in [0.29, 0.717) is 18.2 Å². The molecule has 1 aromatic carbocycles. The minimum atomic E-state index is 0. The van der Waals surface area contributed by atoms with Crippen LogP contribution in [0.5, 0.6) is 0 Å². The van der Waals surface area contributed by atoms with Crippen LogP contribution in [0.4, 0.5) is 0 Å². The first-order chi connectivity index (χ1) is 10.2. The fourth-order valence-electron chi connectivity index (χ4n) is 2.63. The molecule has 0 aliphatic carbocycles. The number of amides is 1. The second-order valence-electron chi connectivity index (χ2n) is 5.52. The fourth-order valence-corrected chi connectivity index (χ4v) is 2.63. The Kier molecular flexibility index (Phi) is 5.57. The number of piperazine rings is 1. The molecule has 1 unspecified atom stereocenters.